The first-order valence-electron chi connectivity index (χ1n) is 46.2. The third-order valence-corrected chi connectivity index (χ3v) is 25.6. The first-order chi connectivity index (χ1) is 53.0. The zero-order valence-electron chi connectivity index (χ0n) is 71.6. The van der Waals surface area contributed by atoms with Gasteiger partial charge in [-0.15, -0.1) is 0 Å². The van der Waals surface area contributed by atoms with E-state index >= 15 is 0 Å². The van der Waals surface area contributed by atoms with Crippen LogP contribution < -0.4 is 0 Å². The summed E-state index contributed by atoms with van der Waals surface area (Å²) in [4.78, 5) is 66.0. The number of hydrogen-bond acceptors (Lipinski definition) is 14. The minimum Gasteiger partial charge on any atom is -0.481 e. The average Bonchev–Trinajstić information content (AvgIpc) is 1.77. The highest BCUT2D eigenvalue weighted by atomic mass is 16.5. The number of aliphatic hydroxyl groups excluding tert-OH is 6. The van der Waals surface area contributed by atoms with Crippen LogP contribution in [0.1, 0.15) is 428 Å². The molecule has 648 valence electrons. The van der Waals surface area contributed by atoms with Gasteiger partial charge >= 0.3 is 35.8 Å². The van der Waals surface area contributed by atoms with E-state index in [2.05, 4.69) is 41.5 Å². The number of rotatable bonds is 54. The Hall–Kier alpha value is -3.42. The smallest absolute Gasteiger partial charge is 0.306 e. The summed E-state index contributed by atoms with van der Waals surface area (Å²) in [6.45, 7) is 17.7. The Morgan fingerprint density at radius 2 is 0.382 bits per heavy atom. The van der Waals surface area contributed by atoms with E-state index in [1.165, 1.54) is 186 Å². The van der Waals surface area contributed by atoms with Gasteiger partial charge in [-0.1, -0.05) is 260 Å². The van der Waals surface area contributed by atoms with Crippen molar-refractivity contribution in [1.29, 1.82) is 0 Å². The fourth-order valence-electron chi connectivity index (χ4n) is 19.3. The van der Waals surface area contributed by atoms with Gasteiger partial charge in [0.1, 0.15) is 0 Å². The lowest BCUT2D eigenvalue weighted by Crippen LogP contribution is -2.22. The Balaban J connectivity index is 0.000000665. The quantitative estimate of drug-likeness (QED) is 0.0200. The third-order valence-electron chi connectivity index (χ3n) is 25.6. The summed E-state index contributed by atoms with van der Waals surface area (Å²) in [6.07, 6.45) is 60.5. The Kier molecular flexibility index (Phi) is 64.4. The summed E-state index contributed by atoms with van der Waals surface area (Å²) in [6, 6.07) is 0. The number of esters is 2. The molecule has 0 aliphatic heterocycles. The molecule has 18 nitrogen and oxygen atoms in total. The highest BCUT2D eigenvalue weighted by molar-refractivity contribution is 5.70. The SMILES string of the molecule is CCCC1C(O)CCC1CC(=O)O.CCCC1C(O)CCC1CC(=O)OCC.CCCCCCCCC1C(O)CCC1CC(=O)O.CCCCCCCCCCC1C(O)CCC1CC(=O)O.CCCCCCCCCCC1C(O)CCC1CC(=O)OCC.CCCCCCCCCCCCC1C(O)CCC1CC(=O)O. The van der Waals surface area contributed by atoms with Gasteiger partial charge in [-0.05, 0) is 200 Å². The highest BCUT2D eigenvalue weighted by Crippen LogP contribution is 2.43. The van der Waals surface area contributed by atoms with E-state index in [4.69, 9.17) is 29.9 Å². The van der Waals surface area contributed by atoms with Gasteiger partial charge in [-0.25, -0.2) is 0 Å². The first-order valence-corrected chi connectivity index (χ1v) is 46.2. The standard InChI is InChI=1S/2C19H36O3.C17H32O3.C15H28O3.C12H22O3.C10H18O3/c1-3-5-6-7-8-9-10-11-12-17-16(13-14-18(17)20)15-19(21)22-4-2;1-2-3-4-5-6-7-8-9-10-11-12-17-16(15-19(21)22)13-14-18(17)20;1-2-3-4-5-6-7-8-9-10-15-14(13-17(19)20)11-12-16(15)18;1-2-3-4-5-6-7-8-13-12(11-15(17)18)9-10-14(13)16;1-3-5-10-9(6-7-11(10)13)8-12(14)15-4-2;1-2-3-8-7(6-10(12)13)4-5-9(8)11/h16-18,20H,3-15H2,1-2H3;16-18,20H,2-15H2,1H3,(H,21,22);14-16,18H,2-13H2,1H3,(H,19,20);12-14,16H,2-11H2,1H3,(H,17,18);9-11,13H,3-8H2,1-2H3;7-9,11H,2-6H2,1H3,(H,12,13). The summed E-state index contributed by atoms with van der Waals surface area (Å²) in [7, 11) is 0. The van der Waals surface area contributed by atoms with Crippen molar-refractivity contribution < 1.29 is 89.3 Å². The Morgan fingerprint density at radius 3 is 0.545 bits per heavy atom. The summed E-state index contributed by atoms with van der Waals surface area (Å²) in [5, 5.41) is 94.8. The first kappa shape index (κ1) is 105. The van der Waals surface area contributed by atoms with Gasteiger partial charge in [0.2, 0.25) is 0 Å². The molecular formula is C92H172O18. The van der Waals surface area contributed by atoms with Crippen LogP contribution in [0.5, 0.6) is 0 Å². The summed E-state index contributed by atoms with van der Waals surface area (Å²) >= 11 is 0. The Bertz CT molecular complexity index is 2250. The van der Waals surface area contributed by atoms with Crippen LogP contribution in [0.25, 0.3) is 0 Å². The molecule has 0 aromatic heterocycles. The highest BCUT2D eigenvalue weighted by Gasteiger charge is 2.40. The van der Waals surface area contributed by atoms with Gasteiger partial charge in [-0.2, -0.15) is 0 Å². The number of ether oxygens (including phenoxy) is 2. The monoisotopic (exact) mass is 1570 g/mol. The predicted octanol–water partition coefficient (Wildman–Crippen LogP) is 21.8. The van der Waals surface area contributed by atoms with Gasteiger partial charge in [0.15, 0.2) is 0 Å². The van der Waals surface area contributed by atoms with Crippen molar-refractivity contribution in [2.75, 3.05) is 13.2 Å². The van der Waals surface area contributed by atoms with Gasteiger partial charge in [0.05, 0.1) is 49.8 Å². The number of carbonyl (C=O) groups is 6. The van der Waals surface area contributed by atoms with Crippen LogP contribution in [0, 0.1) is 71.0 Å². The van der Waals surface area contributed by atoms with E-state index in [0.717, 1.165) is 148 Å². The van der Waals surface area contributed by atoms with E-state index in [1.807, 2.05) is 13.8 Å². The van der Waals surface area contributed by atoms with E-state index in [0.29, 0.717) is 49.7 Å². The summed E-state index contributed by atoms with van der Waals surface area (Å²) in [5.41, 5.74) is 0. The van der Waals surface area contributed by atoms with Gasteiger partial charge in [0.25, 0.3) is 0 Å². The van der Waals surface area contributed by atoms with Crippen molar-refractivity contribution in [3.8, 4) is 0 Å². The zero-order chi connectivity index (χ0) is 81.7. The molecule has 6 rings (SSSR count). The zero-order valence-corrected chi connectivity index (χ0v) is 71.6. The number of unbranched alkanes of at least 4 members (excludes halogenated alkanes) is 28. The Morgan fingerprint density at radius 1 is 0.218 bits per heavy atom. The molecule has 0 radical (unpaired) electrons. The molecule has 6 fully saturated rings. The molecule has 0 amide bonds. The lowest BCUT2D eigenvalue weighted by Gasteiger charge is -2.21. The minimum atomic E-state index is -0.736. The molecule has 0 aromatic carbocycles. The number of aliphatic hydroxyl groups is 6. The number of carbonyl (C=O) groups excluding carboxylic acids is 2. The van der Waals surface area contributed by atoms with E-state index in [-0.39, 0.29) is 122 Å². The maximum atomic E-state index is 11.6. The van der Waals surface area contributed by atoms with Crippen LogP contribution in [-0.4, -0.2) is 137 Å². The molecule has 18 heteroatoms. The van der Waals surface area contributed by atoms with Crippen molar-refractivity contribution >= 4 is 35.8 Å². The van der Waals surface area contributed by atoms with E-state index in [1.54, 1.807) is 0 Å². The van der Waals surface area contributed by atoms with E-state index in [9.17, 15) is 59.4 Å². The lowest BCUT2D eigenvalue weighted by molar-refractivity contribution is -0.145. The van der Waals surface area contributed by atoms with Crippen LogP contribution in [0.4, 0.5) is 0 Å². The molecule has 110 heavy (non-hydrogen) atoms. The predicted molar refractivity (Wildman–Crippen MR) is 444 cm³/mol. The third kappa shape index (κ3) is 49.5. The molecule has 0 heterocycles. The second-order valence-corrected chi connectivity index (χ2v) is 34.5. The number of aliphatic carboxylic acids is 4. The number of carboxylic acids is 4. The molecule has 0 bridgehead atoms. The minimum absolute atomic E-state index is 0.0949. The largest absolute Gasteiger partial charge is 0.481 e. The van der Waals surface area contributed by atoms with Crippen LogP contribution >= 0.6 is 0 Å². The summed E-state index contributed by atoms with van der Waals surface area (Å²) in [5.74, 6) is -0.107. The molecule has 6 aliphatic carbocycles. The second kappa shape index (κ2) is 67.7. The van der Waals surface area contributed by atoms with Crippen molar-refractivity contribution in [3.63, 3.8) is 0 Å². The molecule has 6 saturated carbocycles. The van der Waals surface area contributed by atoms with Crippen LogP contribution in [0.3, 0.4) is 0 Å². The Labute approximate surface area is 670 Å². The van der Waals surface area contributed by atoms with Crippen molar-refractivity contribution in [2.24, 2.45) is 71.0 Å². The van der Waals surface area contributed by atoms with Crippen LogP contribution in [0.15, 0.2) is 0 Å². The van der Waals surface area contributed by atoms with Gasteiger partial charge < -0.3 is 60.5 Å². The fourth-order valence-corrected chi connectivity index (χ4v) is 19.3. The fraction of sp³-hybridized carbons (Fsp3) is 0.935. The lowest BCUT2D eigenvalue weighted by atomic mass is 9.87. The van der Waals surface area contributed by atoms with Gasteiger partial charge in [0, 0.05) is 38.5 Å². The molecule has 0 aromatic rings. The molecule has 6 aliphatic rings. The van der Waals surface area contributed by atoms with E-state index < -0.39 is 23.9 Å². The van der Waals surface area contributed by atoms with Crippen molar-refractivity contribution in [3.05, 3.63) is 0 Å². The van der Waals surface area contributed by atoms with Crippen LogP contribution in [0.2, 0.25) is 0 Å². The molecule has 10 N–H and O–H groups in total. The second-order valence-electron chi connectivity index (χ2n) is 34.5. The summed E-state index contributed by atoms with van der Waals surface area (Å²) < 4.78 is 10.0. The maximum Gasteiger partial charge on any atom is 0.306 e. The topological polar surface area (TPSA) is 323 Å². The maximum absolute atomic E-state index is 11.6. The molecular weight excluding hydrogens is 1390 g/mol. The van der Waals surface area contributed by atoms with Crippen LogP contribution in [-0.2, 0) is 38.2 Å². The molecule has 0 saturated heterocycles. The molecule has 0 spiro atoms. The molecule has 18 atom stereocenters. The van der Waals surface area contributed by atoms with Crippen molar-refractivity contribution in [1.82, 2.24) is 0 Å². The van der Waals surface area contributed by atoms with Gasteiger partial charge in [-0.3, -0.25) is 28.8 Å². The normalized spacial score (nSPS) is 27.2. The number of carboxylic acid groups (broad SMARTS) is 4. The molecule has 18 unspecified atom stereocenters. The average molecular weight is 1570 g/mol. The number of hydrogen-bond donors (Lipinski definition) is 10. The van der Waals surface area contributed by atoms with Crippen molar-refractivity contribution in [2.45, 2.75) is 464 Å².